The molecule has 0 saturated heterocycles. The van der Waals surface area contributed by atoms with Crippen molar-refractivity contribution in [1.29, 1.82) is 0 Å². The summed E-state index contributed by atoms with van der Waals surface area (Å²) in [7, 11) is 0. The van der Waals surface area contributed by atoms with E-state index >= 15 is 0 Å². The Bertz CT molecular complexity index is 302. The van der Waals surface area contributed by atoms with Gasteiger partial charge in [0.1, 0.15) is 17.6 Å². The molecule has 0 fully saturated rings. The van der Waals surface area contributed by atoms with Crippen molar-refractivity contribution in [2.24, 2.45) is 0 Å². The number of hydrogen-bond donors (Lipinski definition) is 1. The Morgan fingerprint density at radius 2 is 1.83 bits per heavy atom. The lowest BCUT2D eigenvalue weighted by Crippen LogP contribution is -2.32. The van der Waals surface area contributed by atoms with Crippen LogP contribution in [0.5, 0.6) is 0 Å². The molecule has 7 nitrogen and oxygen atoms in total. The number of carbonyl (C=O) groups is 2. The van der Waals surface area contributed by atoms with Crippen molar-refractivity contribution in [2.45, 2.75) is 31.6 Å². The molecule has 0 atom stereocenters. The number of ether oxygens (including phenoxy) is 2. The second kappa shape index (κ2) is 6.83. The molecule has 18 heavy (non-hydrogen) atoms. The first-order valence-corrected chi connectivity index (χ1v) is 5.25. The van der Waals surface area contributed by atoms with Gasteiger partial charge >= 0.3 is 17.2 Å². The maximum atomic E-state index is 12.8. The summed E-state index contributed by atoms with van der Waals surface area (Å²) in [5.74, 6) is -3.01. The first kappa shape index (κ1) is 17.0. The minimum absolute atomic E-state index is 0.781. The van der Waals surface area contributed by atoms with Crippen LogP contribution in [0.2, 0.25) is 0 Å². The highest BCUT2D eigenvalue weighted by atomic mass is 32.2. The van der Waals surface area contributed by atoms with E-state index in [0.29, 0.717) is 0 Å². The van der Waals surface area contributed by atoms with Crippen molar-refractivity contribution in [3.8, 4) is 0 Å². The molecule has 0 saturated carbocycles. The van der Waals surface area contributed by atoms with Gasteiger partial charge in [0.15, 0.2) is 6.61 Å². The van der Waals surface area contributed by atoms with Crippen molar-refractivity contribution in [1.82, 2.24) is 0 Å². The normalized spacial score (nSPS) is 12.1. The first-order valence-electron chi connectivity index (χ1n) is 4.51. The van der Waals surface area contributed by atoms with Crippen molar-refractivity contribution < 1.29 is 42.5 Å². The predicted octanol–water partition coefficient (Wildman–Crippen LogP) is 1.53. The standard InChI is InChI=1S/C8H12F2O7S/c1-7(2,3)15-5(11)4-14-6(12)8(9,10)18-17-16-13/h13H,4H2,1-3H3. The molecule has 1 N–H and O–H groups in total. The molecule has 0 heterocycles. The van der Waals surface area contributed by atoms with Gasteiger partial charge in [-0.15, -0.1) is 4.33 Å². The van der Waals surface area contributed by atoms with E-state index in [0.717, 1.165) is 0 Å². The molecule has 0 aliphatic rings. The molecule has 0 bridgehead atoms. The molecule has 0 rings (SSSR count). The average Bonchev–Trinajstić information content (AvgIpc) is 2.20. The number of hydrogen-bond acceptors (Lipinski definition) is 8. The van der Waals surface area contributed by atoms with Crippen LogP contribution in [0.1, 0.15) is 20.8 Å². The van der Waals surface area contributed by atoms with E-state index in [1.54, 1.807) is 20.8 Å². The Hall–Kier alpha value is -0.970. The van der Waals surface area contributed by atoms with Crippen molar-refractivity contribution >= 4 is 24.0 Å². The molecule has 106 valence electrons. The molecule has 0 aromatic carbocycles. The summed E-state index contributed by atoms with van der Waals surface area (Å²) in [6.45, 7) is 3.71. The van der Waals surface area contributed by atoms with E-state index in [1.807, 2.05) is 0 Å². The fourth-order valence-electron chi connectivity index (χ4n) is 0.671. The van der Waals surface area contributed by atoms with E-state index in [1.165, 1.54) is 0 Å². The van der Waals surface area contributed by atoms with E-state index < -0.39 is 41.4 Å². The molecule has 0 radical (unpaired) electrons. The quantitative estimate of drug-likeness (QED) is 0.341. The third-order valence-corrected chi connectivity index (χ3v) is 1.65. The Kier molecular flexibility index (Phi) is 6.46. The van der Waals surface area contributed by atoms with E-state index in [-0.39, 0.29) is 0 Å². The second-order valence-electron chi connectivity index (χ2n) is 3.91. The molecular weight excluding hydrogens is 278 g/mol. The topological polar surface area (TPSA) is 91.3 Å². The summed E-state index contributed by atoms with van der Waals surface area (Å²) in [5, 5.41) is 6.42. The average molecular weight is 290 g/mol. The number of halogens is 2. The summed E-state index contributed by atoms with van der Waals surface area (Å²) in [6, 6.07) is 0. The van der Waals surface area contributed by atoms with Crippen LogP contribution < -0.4 is 0 Å². The summed E-state index contributed by atoms with van der Waals surface area (Å²) in [6.07, 6.45) is 0. The maximum Gasteiger partial charge on any atom is 0.415 e. The van der Waals surface area contributed by atoms with Crippen LogP contribution in [-0.4, -0.2) is 34.7 Å². The van der Waals surface area contributed by atoms with Crippen molar-refractivity contribution in [3.63, 3.8) is 0 Å². The summed E-state index contributed by atoms with van der Waals surface area (Å²) < 4.78 is 37.8. The number of carbonyl (C=O) groups excluding carboxylic acids is 2. The van der Waals surface area contributed by atoms with Gasteiger partial charge in [0.2, 0.25) is 0 Å². The monoisotopic (exact) mass is 290 g/mol. The summed E-state index contributed by atoms with van der Waals surface area (Å²) in [4.78, 5) is 21.9. The van der Waals surface area contributed by atoms with Gasteiger partial charge in [-0.2, -0.15) is 8.78 Å². The second-order valence-corrected chi connectivity index (χ2v) is 4.72. The zero-order valence-corrected chi connectivity index (χ0v) is 10.6. The van der Waals surface area contributed by atoms with Gasteiger partial charge in [-0.3, -0.25) is 0 Å². The van der Waals surface area contributed by atoms with Gasteiger partial charge in [0.05, 0.1) is 0 Å². The molecule has 0 aliphatic carbocycles. The fraction of sp³-hybridized carbons (Fsp3) is 0.750. The minimum atomic E-state index is -4.13. The number of esters is 2. The Morgan fingerprint density at radius 1 is 1.28 bits per heavy atom. The third kappa shape index (κ3) is 7.37. The third-order valence-electron chi connectivity index (χ3n) is 1.15. The van der Waals surface area contributed by atoms with E-state index in [4.69, 9.17) is 9.99 Å². The summed E-state index contributed by atoms with van der Waals surface area (Å²) >= 11 is -0.781. The predicted molar refractivity (Wildman–Crippen MR) is 54.1 cm³/mol. The van der Waals surface area contributed by atoms with Gasteiger partial charge in [0, 0.05) is 0 Å². The molecule has 10 heteroatoms. The fourth-order valence-corrected chi connectivity index (χ4v) is 0.914. The zero-order valence-electron chi connectivity index (χ0n) is 9.77. The SMILES string of the molecule is CC(C)(C)OC(=O)COC(=O)C(F)(F)SOOO. The zero-order chi connectivity index (χ0) is 14.4. The van der Waals surface area contributed by atoms with Crippen LogP contribution in [0, 0.1) is 0 Å². The Morgan fingerprint density at radius 3 is 2.28 bits per heavy atom. The molecule has 0 spiro atoms. The Labute approximate surface area is 105 Å². The molecule has 0 aromatic rings. The molecule has 0 aliphatic heterocycles. The smallest absolute Gasteiger partial charge is 0.415 e. The van der Waals surface area contributed by atoms with E-state index in [9.17, 15) is 18.4 Å². The maximum absolute atomic E-state index is 12.8. The molecule has 0 aromatic heterocycles. The van der Waals surface area contributed by atoms with Crippen LogP contribution in [0.3, 0.4) is 0 Å². The van der Waals surface area contributed by atoms with Crippen LogP contribution >= 0.6 is 12.0 Å². The van der Waals surface area contributed by atoms with Crippen molar-refractivity contribution in [3.05, 3.63) is 0 Å². The molecule has 0 amide bonds. The van der Waals surface area contributed by atoms with Crippen LogP contribution in [0.25, 0.3) is 0 Å². The lowest BCUT2D eigenvalue weighted by molar-refractivity contribution is -0.433. The summed E-state index contributed by atoms with van der Waals surface area (Å²) in [5.41, 5.74) is -0.825. The van der Waals surface area contributed by atoms with Crippen LogP contribution in [0.15, 0.2) is 0 Å². The number of rotatable bonds is 6. The highest BCUT2D eigenvalue weighted by Crippen LogP contribution is 2.31. The lowest BCUT2D eigenvalue weighted by Gasteiger charge is -2.19. The van der Waals surface area contributed by atoms with Gasteiger partial charge in [-0.25, -0.2) is 14.8 Å². The lowest BCUT2D eigenvalue weighted by atomic mass is 10.2. The molecule has 0 unspecified atom stereocenters. The van der Waals surface area contributed by atoms with E-state index in [2.05, 4.69) is 14.1 Å². The molecular formula is C8H12F2O7S. The van der Waals surface area contributed by atoms with Gasteiger partial charge in [-0.1, -0.05) is 5.04 Å². The minimum Gasteiger partial charge on any atom is -0.457 e. The highest BCUT2D eigenvalue weighted by Gasteiger charge is 2.44. The first-order chi connectivity index (χ1) is 8.08. The van der Waals surface area contributed by atoms with Gasteiger partial charge in [-0.05, 0) is 20.8 Å². The Balaban J connectivity index is 4.13. The van der Waals surface area contributed by atoms with Crippen LogP contribution in [-0.2, 0) is 28.4 Å². The van der Waals surface area contributed by atoms with Gasteiger partial charge < -0.3 is 9.47 Å². The van der Waals surface area contributed by atoms with Crippen molar-refractivity contribution in [2.75, 3.05) is 6.61 Å². The van der Waals surface area contributed by atoms with Crippen LogP contribution in [0.4, 0.5) is 8.78 Å². The highest BCUT2D eigenvalue weighted by molar-refractivity contribution is 7.96. The largest absolute Gasteiger partial charge is 0.457 e. The number of alkyl halides is 2. The van der Waals surface area contributed by atoms with Gasteiger partial charge in [0.25, 0.3) is 0 Å².